The minimum atomic E-state index is 0.692. The topological polar surface area (TPSA) is 51.3 Å². The van der Waals surface area contributed by atoms with E-state index < -0.39 is 0 Å². The molecule has 0 aliphatic heterocycles. The van der Waals surface area contributed by atoms with Crippen LogP contribution in [-0.4, -0.2) is 35.2 Å². The van der Waals surface area contributed by atoms with E-state index in [1.807, 2.05) is 18.2 Å². The highest BCUT2D eigenvalue weighted by Gasteiger charge is 2.13. The standard InChI is InChI=1S/C19H23N3O/c1-3-22(2)12-11-17-16-9-4-5-10-18(16)20-19(17)14-7-6-8-15(13-14)21-23/h4-10,13,20-21,23H,3,11-12H2,1-2H3. The van der Waals surface area contributed by atoms with Crippen molar-refractivity contribution in [2.45, 2.75) is 13.3 Å². The Morgan fingerprint density at radius 2 is 1.96 bits per heavy atom. The van der Waals surface area contributed by atoms with E-state index in [0.717, 1.165) is 36.3 Å². The lowest BCUT2D eigenvalue weighted by Crippen LogP contribution is -2.20. The van der Waals surface area contributed by atoms with Gasteiger partial charge in [0.2, 0.25) is 0 Å². The molecule has 0 fully saturated rings. The van der Waals surface area contributed by atoms with Crippen LogP contribution >= 0.6 is 0 Å². The fourth-order valence-electron chi connectivity index (χ4n) is 2.91. The van der Waals surface area contributed by atoms with Gasteiger partial charge in [0.05, 0.1) is 5.69 Å². The Bertz CT molecular complexity index is 794. The Kier molecular flexibility index (Phi) is 4.65. The molecule has 0 atom stereocenters. The molecule has 1 heterocycles. The number of nitrogens with one attached hydrogen (secondary N) is 2. The number of H-pyrrole nitrogens is 1. The van der Waals surface area contributed by atoms with Crippen LogP contribution in [0.15, 0.2) is 48.5 Å². The van der Waals surface area contributed by atoms with Gasteiger partial charge in [-0.1, -0.05) is 37.3 Å². The van der Waals surface area contributed by atoms with Gasteiger partial charge in [0, 0.05) is 28.7 Å². The van der Waals surface area contributed by atoms with Crippen LogP contribution in [0.4, 0.5) is 5.69 Å². The summed E-state index contributed by atoms with van der Waals surface area (Å²) in [6.07, 6.45) is 0.987. The maximum atomic E-state index is 9.16. The SMILES string of the molecule is CCN(C)CCc1c(-c2cccc(NO)c2)[nH]c2ccccc12. The molecule has 3 N–H and O–H groups in total. The first-order chi connectivity index (χ1) is 11.2. The number of likely N-dealkylation sites (N-methyl/N-ethyl adjacent to an activating group) is 1. The number of rotatable bonds is 6. The molecular formula is C19H23N3O. The molecule has 120 valence electrons. The fourth-order valence-corrected chi connectivity index (χ4v) is 2.91. The normalized spacial score (nSPS) is 11.3. The van der Waals surface area contributed by atoms with E-state index in [4.69, 9.17) is 5.21 Å². The molecule has 0 saturated carbocycles. The van der Waals surface area contributed by atoms with E-state index in [0.29, 0.717) is 5.69 Å². The van der Waals surface area contributed by atoms with Crippen LogP contribution in [0, 0.1) is 0 Å². The first kappa shape index (κ1) is 15.6. The Labute approximate surface area is 136 Å². The van der Waals surface area contributed by atoms with Gasteiger partial charge >= 0.3 is 0 Å². The molecule has 0 aliphatic carbocycles. The highest BCUT2D eigenvalue weighted by atomic mass is 16.5. The molecule has 3 rings (SSSR count). The van der Waals surface area contributed by atoms with Crippen molar-refractivity contribution in [1.29, 1.82) is 0 Å². The zero-order valence-corrected chi connectivity index (χ0v) is 13.6. The summed E-state index contributed by atoms with van der Waals surface area (Å²) in [5.74, 6) is 0. The number of anilines is 1. The van der Waals surface area contributed by atoms with E-state index in [2.05, 4.69) is 59.7 Å². The highest BCUT2D eigenvalue weighted by Crippen LogP contribution is 2.32. The molecule has 0 unspecified atom stereocenters. The Morgan fingerprint density at radius 3 is 2.74 bits per heavy atom. The lowest BCUT2D eigenvalue weighted by Gasteiger charge is -2.14. The fraction of sp³-hybridized carbons (Fsp3) is 0.263. The molecule has 4 heteroatoms. The van der Waals surface area contributed by atoms with Crippen LogP contribution in [0.25, 0.3) is 22.2 Å². The van der Waals surface area contributed by atoms with Crippen molar-refractivity contribution in [1.82, 2.24) is 9.88 Å². The molecule has 0 bridgehead atoms. The first-order valence-electron chi connectivity index (χ1n) is 8.01. The monoisotopic (exact) mass is 309 g/mol. The van der Waals surface area contributed by atoms with E-state index in [1.165, 1.54) is 10.9 Å². The van der Waals surface area contributed by atoms with E-state index >= 15 is 0 Å². The third-order valence-electron chi connectivity index (χ3n) is 4.38. The predicted molar refractivity (Wildman–Crippen MR) is 96.0 cm³/mol. The molecule has 23 heavy (non-hydrogen) atoms. The summed E-state index contributed by atoms with van der Waals surface area (Å²) in [4.78, 5) is 5.86. The van der Waals surface area contributed by atoms with Crippen molar-refractivity contribution in [3.63, 3.8) is 0 Å². The van der Waals surface area contributed by atoms with Crippen LogP contribution in [0.3, 0.4) is 0 Å². The summed E-state index contributed by atoms with van der Waals surface area (Å²) in [5, 5.41) is 10.4. The van der Waals surface area contributed by atoms with Crippen LogP contribution in [0.1, 0.15) is 12.5 Å². The van der Waals surface area contributed by atoms with Crippen molar-refractivity contribution in [3.8, 4) is 11.3 Å². The molecule has 0 amide bonds. The van der Waals surface area contributed by atoms with Crippen molar-refractivity contribution in [2.75, 3.05) is 25.6 Å². The minimum Gasteiger partial charge on any atom is -0.354 e. The van der Waals surface area contributed by atoms with Crippen molar-refractivity contribution in [3.05, 3.63) is 54.1 Å². The van der Waals surface area contributed by atoms with Crippen LogP contribution in [0.2, 0.25) is 0 Å². The maximum absolute atomic E-state index is 9.16. The summed E-state index contributed by atoms with van der Waals surface area (Å²) in [5.41, 5.74) is 7.61. The van der Waals surface area contributed by atoms with E-state index in [1.54, 1.807) is 0 Å². The van der Waals surface area contributed by atoms with Gasteiger partial charge in [0.15, 0.2) is 0 Å². The summed E-state index contributed by atoms with van der Waals surface area (Å²) in [6.45, 7) is 4.23. The molecule has 0 spiro atoms. The minimum absolute atomic E-state index is 0.692. The summed E-state index contributed by atoms with van der Waals surface area (Å²) >= 11 is 0. The number of hydrogen-bond donors (Lipinski definition) is 3. The second-order valence-corrected chi connectivity index (χ2v) is 5.86. The Hall–Kier alpha value is -2.30. The molecule has 3 aromatic rings. The first-order valence-corrected chi connectivity index (χ1v) is 8.01. The highest BCUT2D eigenvalue weighted by molar-refractivity contribution is 5.91. The van der Waals surface area contributed by atoms with E-state index in [-0.39, 0.29) is 0 Å². The molecule has 0 radical (unpaired) electrons. The molecule has 0 saturated heterocycles. The third kappa shape index (κ3) is 3.23. The Balaban J connectivity index is 2.07. The molecule has 4 nitrogen and oxygen atoms in total. The van der Waals surface area contributed by atoms with Crippen molar-refractivity contribution >= 4 is 16.6 Å². The average Bonchev–Trinajstić information content (AvgIpc) is 2.98. The largest absolute Gasteiger partial charge is 0.354 e. The Morgan fingerprint density at radius 1 is 1.13 bits per heavy atom. The van der Waals surface area contributed by atoms with Crippen molar-refractivity contribution in [2.24, 2.45) is 0 Å². The van der Waals surface area contributed by atoms with Crippen molar-refractivity contribution < 1.29 is 5.21 Å². The van der Waals surface area contributed by atoms with Gasteiger partial charge in [-0.2, -0.15) is 0 Å². The maximum Gasteiger partial charge on any atom is 0.0608 e. The smallest absolute Gasteiger partial charge is 0.0608 e. The van der Waals surface area contributed by atoms with Gasteiger partial charge < -0.3 is 9.88 Å². The van der Waals surface area contributed by atoms with Gasteiger partial charge in [-0.15, -0.1) is 0 Å². The van der Waals surface area contributed by atoms with Gasteiger partial charge in [0.25, 0.3) is 0 Å². The lowest BCUT2D eigenvalue weighted by molar-refractivity contribution is 0.358. The van der Waals surface area contributed by atoms with Crippen LogP contribution in [-0.2, 0) is 6.42 Å². The molecule has 2 aromatic carbocycles. The number of fused-ring (bicyclic) bond motifs is 1. The number of benzene rings is 2. The number of aromatic nitrogens is 1. The van der Waals surface area contributed by atoms with Gasteiger partial charge in [-0.25, -0.2) is 0 Å². The number of para-hydroxylation sites is 1. The molecule has 0 aliphatic rings. The second-order valence-electron chi connectivity index (χ2n) is 5.86. The van der Waals surface area contributed by atoms with E-state index in [9.17, 15) is 0 Å². The van der Waals surface area contributed by atoms with Gasteiger partial charge in [-0.05, 0) is 43.8 Å². The number of hydrogen-bond acceptors (Lipinski definition) is 3. The van der Waals surface area contributed by atoms with Crippen LogP contribution in [0.5, 0.6) is 0 Å². The molecule has 1 aromatic heterocycles. The summed E-state index contributed by atoms with van der Waals surface area (Å²) < 4.78 is 0. The van der Waals surface area contributed by atoms with Crippen LogP contribution < -0.4 is 5.48 Å². The second kappa shape index (κ2) is 6.86. The zero-order valence-electron chi connectivity index (χ0n) is 13.6. The third-order valence-corrected chi connectivity index (χ3v) is 4.38. The summed E-state index contributed by atoms with van der Waals surface area (Å²) in [6, 6.07) is 16.2. The van der Waals surface area contributed by atoms with Gasteiger partial charge in [-0.3, -0.25) is 10.7 Å². The quantitative estimate of drug-likeness (QED) is 0.600. The predicted octanol–water partition coefficient (Wildman–Crippen LogP) is 4.13. The number of aromatic amines is 1. The van der Waals surface area contributed by atoms with Gasteiger partial charge in [0.1, 0.15) is 0 Å². The average molecular weight is 309 g/mol. The zero-order chi connectivity index (χ0) is 16.2. The summed E-state index contributed by atoms with van der Waals surface area (Å²) in [7, 11) is 2.14. The number of nitrogens with zero attached hydrogens (tertiary/aromatic N) is 1. The molecular weight excluding hydrogens is 286 g/mol. The lowest BCUT2D eigenvalue weighted by atomic mass is 10.0.